The summed E-state index contributed by atoms with van der Waals surface area (Å²) < 4.78 is 1.70. The third-order valence-electron chi connectivity index (χ3n) is 2.49. The van der Waals surface area contributed by atoms with Gasteiger partial charge in [-0.15, -0.1) is 5.10 Å². The molecule has 0 radical (unpaired) electrons. The number of nitrogens with zero attached hydrogens (tertiary/aromatic N) is 4. The summed E-state index contributed by atoms with van der Waals surface area (Å²) >= 11 is 1.32. The van der Waals surface area contributed by atoms with E-state index in [0.717, 1.165) is 13.1 Å². The fourth-order valence-electron chi connectivity index (χ4n) is 1.47. The summed E-state index contributed by atoms with van der Waals surface area (Å²) in [6.45, 7) is 8.67. The minimum absolute atomic E-state index is 0.284. The van der Waals surface area contributed by atoms with Gasteiger partial charge in [0.25, 0.3) is 0 Å². The van der Waals surface area contributed by atoms with Crippen LogP contribution in [0.4, 0.5) is 0 Å². The fourth-order valence-corrected chi connectivity index (χ4v) is 2.34. The largest absolute Gasteiger partial charge is 0.369 e. The van der Waals surface area contributed by atoms with Crippen LogP contribution in [0, 0.1) is 5.92 Å². The van der Waals surface area contributed by atoms with Gasteiger partial charge in [0.2, 0.25) is 11.1 Å². The van der Waals surface area contributed by atoms with Crippen molar-refractivity contribution in [2.24, 2.45) is 11.7 Å². The van der Waals surface area contributed by atoms with Crippen LogP contribution < -0.4 is 11.1 Å². The number of nitrogens with two attached hydrogens (primary N) is 1. The maximum Gasteiger partial charge on any atom is 0.231 e. The molecule has 0 bridgehead atoms. The predicted molar refractivity (Wildman–Crippen MR) is 74.7 cm³/mol. The molecule has 0 aliphatic carbocycles. The Labute approximate surface area is 117 Å². The molecule has 8 heteroatoms. The van der Waals surface area contributed by atoms with Gasteiger partial charge >= 0.3 is 0 Å². The highest BCUT2D eigenvalue weighted by atomic mass is 32.2. The Kier molecular flexibility index (Phi) is 6.79. The van der Waals surface area contributed by atoms with E-state index in [1.54, 1.807) is 4.68 Å². The van der Waals surface area contributed by atoms with Gasteiger partial charge in [-0.2, -0.15) is 0 Å². The van der Waals surface area contributed by atoms with Crippen molar-refractivity contribution in [2.75, 3.05) is 13.1 Å². The molecule has 1 rings (SSSR count). The summed E-state index contributed by atoms with van der Waals surface area (Å²) in [5.74, 6) is 0.280. The second-order valence-electron chi connectivity index (χ2n) is 4.70. The van der Waals surface area contributed by atoms with Crippen LogP contribution in [-0.2, 0) is 11.3 Å². The average molecular weight is 286 g/mol. The maximum absolute atomic E-state index is 11.2. The average Bonchev–Trinajstić information content (AvgIpc) is 2.78. The smallest absolute Gasteiger partial charge is 0.231 e. The van der Waals surface area contributed by atoms with E-state index in [0.29, 0.717) is 24.0 Å². The number of carbonyl (C=O) groups excluding carboxylic acids is 1. The molecule has 0 spiro atoms. The van der Waals surface area contributed by atoms with Crippen molar-refractivity contribution < 1.29 is 4.79 Å². The van der Waals surface area contributed by atoms with Gasteiger partial charge in [-0.05, 0) is 29.3 Å². The third kappa shape index (κ3) is 5.56. The Morgan fingerprint density at radius 3 is 2.84 bits per heavy atom. The summed E-state index contributed by atoms with van der Waals surface area (Å²) in [6, 6.07) is 0. The van der Waals surface area contributed by atoms with E-state index < -0.39 is 0 Å². The van der Waals surface area contributed by atoms with Gasteiger partial charge in [-0.25, -0.2) is 4.68 Å². The van der Waals surface area contributed by atoms with Crippen molar-refractivity contribution in [3.05, 3.63) is 0 Å². The summed E-state index contributed by atoms with van der Waals surface area (Å²) in [5.41, 5.74) is 5.32. The Morgan fingerprint density at radius 2 is 2.26 bits per heavy atom. The highest BCUT2D eigenvalue weighted by molar-refractivity contribution is 8.00. The first-order chi connectivity index (χ1) is 9.04. The first-order valence-corrected chi connectivity index (χ1v) is 7.35. The lowest BCUT2D eigenvalue weighted by molar-refractivity contribution is -0.117. The van der Waals surface area contributed by atoms with Crippen LogP contribution in [0.2, 0.25) is 0 Å². The van der Waals surface area contributed by atoms with E-state index in [9.17, 15) is 4.79 Å². The molecule has 0 aliphatic heterocycles. The quantitative estimate of drug-likeness (QED) is 0.499. The van der Waals surface area contributed by atoms with Crippen LogP contribution in [0.1, 0.15) is 27.2 Å². The molecular formula is C11H22N6OS. The number of carbonyl (C=O) groups is 1. The minimum Gasteiger partial charge on any atom is -0.369 e. The van der Waals surface area contributed by atoms with Crippen LogP contribution in [0.25, 0.3) is 0 Å². The number of rotatable bonds is 9. The predicted octanol–water partition coefficient (Wildman–Crippen LogP) is 0.275. The lowest BCUT2D eigenvalue weighted by Gasteiger charge is -2.10. The highest BCUT2D eigenvalue weighted by Crippen LogP contribution is 2.22. The highest BCUT2D eigenvalue weighted by Gasteiger charge is 2.18. The third-order valence-corrected chi connectivity index (χ3v) is 3.84. The molecule has 0 aliphatic rings. The first-order valence-electron chi connectivity index (χ1n) is 6.47. The van der Waals surface area contributed by atoms with Crippen molar-refractivity contribution in [2.45, 2.75) is 44.1 Å². The normalized spacial score (nSPS) is 12.8. The minimum atomic E-state index is -0.333. The lowest BCUT2D eigenvalue weighted by Crippen LogP contribution is -2.27. The van der Waals surface area contributed by atoms with Crippen LogP contribution in [0.5, 0.6) is 0 Å². The van der Waals surface area contributed by atoms with Gasteiger partial charge in [-0.1, -0.05) is 32.5 Å². The zero-order valence-electron chi connectivity index (χ0n) is 11.7. The topological polar surface area (TPSA) is 98.7 Å². The number of primary amides is 1. The van der Waals surface area contributed by atoms with Gasteiger partial charge in [0.1, 0.15) is 0 Å². The van der Waals surface area contributed by atoms with Gasteiger partial charge < -0.3 is 11.1 Å². The van der Waals surface area contributed by atoms with E-state index in [4.69, 9.17) is 5.73 Å². The van der Waals surface area contributed by atoms with Gasteiger partial charge in [0.15, 0.2) is 0 Å². The molecule has 0 aromatic carbocycles. The van der Waals surface area contributed by atoms with Crippen LogP contribution in [0.3, 0.4) is 0 Å². The Bertz CT molecular complexity index is 394. The fraction of sp³-hybridized carbons (Fsp3) is 0.818. The molecule has 19 heavy (non-hydrogen) atoms. The van der Waals surface area contributed by atoms with Crippen LogP contribution >= 0.6 is 11.8 Å². The monoisotopic (exact) mass is 286 g/mol. The van der Waals surface area contributed by atoms with E-state index in [1.165, 1.54) is 11.8 Å². The van der Waals surface area contributed by atoms with Crippen molar-refractivity contribution in [1.29, 1.82) is 0 Å². The number of hydrogen-bond acceptors (Lipinski definition) is 6. The summed E-state index contributed by atoms with van der Waals surface area (Å²) in [6.07, 6.45) is 0.665. The van der Waals surface area contributed by atoms with Crippen LogP contribution in [0.15, 0.2) is 5.16 Å². The molecule has 1 amide bonds. The van der Waals surface area contributed by atoms with Gasteiger partial charge in [-0.3, -0.25) is 4.79 Å². The number of aromatic nitrogens is 4. The number of tetrazole rings is 1. The van der Waals surface area contributed by atoms with Crippen molar-refractivity contribution in [1.82, 2.24) is 25.5 Å². The van der Waals surface area contributed by atoms with E-state index in [1.807, 2.05) is 6.92 Å². The van der Waals surface area contributed by atoms with Crippen molar-refractivity contribution >= 4 is 17.7 Å². The molecule has 1 aromatic rings. The second-order valence-corrected chi connectivity index (χ2v) is 5.87. The second kappa shape index (κ2) is 8.11. The molecule has 1 unspecified atom stereocenters. The molecule has 108 valence electrons. The van der Waals surface area contributed by atoms with Gasteiger partial charge in [0.05, 0.1) is 11.8 Å². The standard InChI is InChI=1S/C11H22N6OS/c1-4-9(10(12)18)19-11-14-15-16-17(11)6-5-13-7-8(2)3/h8-9,13H,4-7H2,1-3H3,(H2,12,18). The molecule has 0 saturated heterocycles. The molecule has 0 fully saturated rings. The Morgan fingerprint density at radius 1 is 1.53 bits per heavy atom. The summed E-state index contributed by atoms with van der Waals surface area (Å²) in [7, 11) is 0. The van der Waals surface area contributed by atoms with E-state index in [2.05, 4.69) is 34.7 Å². The maximum atomic E-state index is 11.2. The number of amides is 1. The van der Waals surface area contributed by atoms with E-state index >= 15 is 0 Å². The zero-order valence-corrected chi connectivity index (χ0v) is 12.5. The SMILES string of the molecule is CCC(Sc1nnnn1CCNCC(C)C)C(N)=O. The molecule has 3 N–H and O–H groups in total. The zero-order chi connectivity index (χ0) is 14.3. The first kappa shape index (κ1) is 15.9. The lowest BCUT2D eigenvalue weighted by atomic mass is 10.2. The molecule has 1 heterocycles. The Balaban J connectivity index is 2.48. The van der Waals surface area contributed by atoms with E-state index in [-0.39, 0.29) is 11.2 Å². The molecular weight excluding hydrogens is 264 g/mol. The van der Waals surface area contributed by atoms with Crippen LogP contribution in [-0.4, -0.2) is 44.5 Å². The van der Waals surface area contributed by atoms with Gasteiger partial charge in [0, 0.05) is 6.54 Å². The molecule has 1 atom stereocenters. The Hall–Kier alpha value is -1.15. The number of nitrogens with one attached hydrogen (secondary N) is 1. The molecule has 0 saturated carbocycles. The summed E-state index contributed by atoms with van der Waals surface area (Å²) in [5, 5.41) is 15.2. The van der Waals surface area contributed by atoms with Crippen molar-refractivity contribution in [3.8, 4) is 0 Å². The summed E-state index contributed by atoms with van der Waals surface area (Å²) in [4.78, 5) is 11.2. The number of hydrogen-bond donors (Lipinski definition) is 2. The van der Waals surface area contributed by atoms with Crippen molar-refractivity contribution in [3.63, 3.8) is 0 Å². The number of thioether (sulfide) groups is 1. The molecule has 1 aromatic heterocycles. The molecule has 7 nitrogen and oxygen atoms in total.